The number of carbonyl (C=O) groups excluding carboxylic acids is 1. The summed E-state index contributed by atoms with van der Waals surface area (Å²) in [4.78, 5) is 12.0. The van der Waals surface area contributed by atoms with E-state index in [9.17, 15) is 4.79 Å². The van der Waals surface area contributed by atoms with Crippen LogP contribution in [0.3, 0.4) is 0 Å². The summed E-state index contributed by atoms with van der Waals surface area (Å²) in [5.41, 5.74) is 1.95. The molecule has 0 bridgehead atoms. The van der Waals surface area contributed by atoms with Crippen molar-refractivity contribution in [3.8, 4) is 0 Å². The Kier molecular flexibility index (Phi) is 3.24. The third kappa shape index (κ3) is 2.56. The van der Waals surface area contributed by atoms with Crippen LogP contribution >= 0.6 is 0 Å². The van der Waals surface area contributed by atoms with Crippen LogP contribution in [0.1, 0.15) is 16.1 Å². The number of rotatable bonds is 4. The zero-order valence-corrected chi connectivity index (χ0v) is 10.5. The third-order valence-corrected chi connectivity index (χ3v) is 2.80. The molecule has 3 rings (SSSR count). The monoisotopic (exact) mass is 268 g/mol. The molecule has 2 heterocycles. The summed E-state index contributed by atoms with van der Waals surface area (Å²) in [6.07, 6.45) is 4.97. The molecule has 0 aliphatic rings. The van der Waals surface area contributed by atoms with Gasteiger partial charge in [0.2, 0.25) is 0 Å². The molecule has 0 aliphatic heterocycles. The Bertz CT molecular complexity index is 689. The minimum absolute atomic E-state index is 0.249. The molecule has 0 fully saturated rings. The van der Waals surface area contributed by atoms with E-state index in [1.807, 2.05) is 36.5 Å². The van der Waals surface area contributed by atoms with Gasteiger partial charge in [-0.2, -0.15) is 20.5 Å². The molecular weight excluding hydrogens is 256 g/mol. The van der Waals surface area contributed by atoms with Crippen LogP contribution < -0.4 is 5.32 Å². The van der Waals surface area contributed by atoms with E-state index < -0.39 is 0 Å². The average molecular weight is 268 g/mol. The largest absolute Gasteiger partial charge is 0.320 e. The molecule has 0 unspecified atom stereocenters. The maximum atomic E-state index is 12.0. The van der Waals surface area contributed by atoms with Gasteiger partial charge < -0.3 is 5.32 Å². The van der Waals surface area contributed by atoms with Crippen molar-refractivity contribution in [1.82, 2.24) is 25.2 Å². The summed E-state index contributed by atoms with van der Waals surface area (Å²) in [6.45, 7) is 0.586. The highest BCUT2D eigenvalue weighted by molar-refractivity contribution is 6.02. The Morgan fingerprint density at radius 3 is 2.95 bits per heavy atom. The summed E-state index contributed by atoms with van der Waals surface area (Å²) >= 11 is 0. The SMILES string of the molecule is O=C(Nc1ccccc1Cn1cccn1)c1cn[nH]n1. The van der Waals surface area contributed by atoms with E-state index in [1.165, 1.54) is 6.20 Å². The zero-order valence-electron chi connectivity index (χ0n) is 10.5. The fraction of sp³-hybridized carbons (Fsp3) is 0.0769. The van der Waals surface area contributed by atoms with Crippen molar-refractivity contribution in [1.29, 1.82) is 0 Å². The Labute approximate surface area is 114 Å². The molecule has 0 aliphatic carbocycles. The number of amides is 1. The first kappa shape index (κ1) is 12.1. The molecule has 0 radical (unpaired) electrons. The summed E-state index contributed by atoms with van der Waals surface area (Å²) in [7, 11) is 0. The van der Waals surface area contributed by atoms with Gasteiger partial charge in [-0.1, -0.05) is 18.2 Å². The van der Waals surface area contributed by atoms with E-state index >= 15 is 0 Å². The van der Waals surface area contributed by atoms with Crippen LogP contribution in [0.4, 0.5) is 5.69 Å². The lowest BCUT2D eigenvalue weighted by Crippen LogP contribution is -2.14. The van der Waals surface area contributed by atoms with Crippen molar-refractivity contribution >= 4 is 11.6 Å². The first-order valence-electron chi connectivity index (χ1n) is 6.05. The predicted octanol–water partition coefficient (Wildman–Crippen LogP) is 1.30. The number of para-hydroxylation sites is 1. The molecular formula is C13H12N6O. The Morgan fingerprint density at radius 1 is 1.30 bits per heavy atom. The molecule has 7 nitrogen and oxygen atoms in total. The molecule has 0 spiro atoms. The van der Waals surface area contributed by atoms with Crippen LogP contribution in [-0.2, 0) is 6.54 Å². The van der Waals surface area contributed by atoms with E-state index in [0.29, 0.717) is 6.54 Å². The maximum Gasteiger partial charge on any atom is 0.277 e. The molecule has 3 aromatic rings. The van der Waals surface area contributed by atoms with Crippen molar-refractivity contribution in [2.75, 3.05) is 5.32 Å². The van der Waals surface area contributed by atoms with Crippen LogP contribution in [0.5, 0.6) is 0 Å². The number of anilines is 1. The molecule has 7 heteroatoms. The fourth-order valence-electron chi connectivity index (χ4n) is 1.85. The normalized spacial score (nSPS) is 10.4. The summed E-state index contributed by atoms with van der Waals surface area (Å²) in [5, 5.41) is 16.8. The zero-order chi connectivity index (χ0) is 13.8. The number of carbonyl (C=O) groups is 1. The van der Waals surface area contributed by atoms with Gasteiger partial charge in [0.25, 0.3) is 5.91 Å². The smallest absolute Gasteiger partial charge is 0.277 e. The van der Waals surface area contributed by atoms with Crippen molar-refractivity contribution in [2.45, 2.75) is 6.54 Å². The van der Waals surface area contributed by atoms with Crippen LogP contribution in [-0.4, -0.2) is 31.1 Å². The lowest BCUT2D eigenvalue weighted by molar-refractivity contribution is 0.102. The van der Waals surface area contributed by atoms with Crippen LogP contribution in [0.15, 0.2) is 48.9 Å². The van der Waals surface area contributed by atoms with E-state index in [1.54, 1.807) is 10.9 Å². The minimum Gasteiger partial charge on any atom is -0.320 e. The molecule has 2 N–H and O–H groups in total. The Balaban J connectivity index is 1.81. The van der Waals surface area contributed by atoms with Gasteiger partial charge >= 0.3 is 0 Å². The first-order chi connectivity index (χ1) is 9.83. The summed E-state index contributed by atoms with van der Waals surface area (Å²) in [6, 6.07) is 9.43. The van der Waals surface area contributed by atoms with Gasteiger partial charge in [-0.25, -0.2) is 0 Å². The predicted molar refractivity (Wildman–Crippen MR) is 72.1 cm³/mol. The molecule has 0 atom stereocenters. The van der Waals surface area contributed by atoms with E-state index in [2.05, 4.69) is 25.8 Å². The van der Waals surface area contributed by atoms with E-state index in [0.717, 1.165) is 11.3 Å². The van der Waals surface area contributed by atoms with E-state index in [4.69, 9.17) is 0 Å². The molecule has 0 saturated carbocycles. The molecule has 1 aromatic carbocycles. The second-order valence-corrected chi connectivity index (χ2v) is 4.17. The number of aromatic amines is 1. The van der Waals surface area contributed by atoms with Crippen LogP contribution in [0, 0.1) is 0 Å². The Morgan fingerprint density at radius 2 is 2.20 bits per heavy atom. The average Bonchev–Trinajstić information content (AvgIpc) is 3.13. The highest BCUT2D eigenvalue weighted by atomic mass is 16.2. The summed E-state index contributed by atoms with van der Waals surface area (Å²) < 4.78 is 1.79. The molecule has 2 aromatic heterocycles. The molecule has 100 valence electrons. The summed E-state index contributed by atoms with van der Waals surface area (Å²) in [5.74, 6) is -0.299. The van der Waals surface area contributed by atoms with Gasteiger partial charge in [0.1, 0.15) is 0 Å². The number of hydrogen-bond acceptors (Lipinski definition) is 4. The number of nitrogens with zero attached hydrogens (tertiary/aromatic N) is 4. The van der Waals surface area contributed by atoms with Gasteiger partial charge in [0.05, 0.1) is 12.7 Å². The number of benzene rings is 1. The van der Waals surface area contributed by atoms with Crippen molar-refractivity contribution < 1.29 is 4.79 Å². The number of aromatic nitrogens is 5. The fourth-order valence-corrected chi connectivity index (χ4v) is 1.85. The van der Waals surface area contributed by atoms with Gasteiger partial charge in [0, 0.05) is 18.1 Å². The lowest BCUT2D eigenvalue weighted by Gasteiger charge is -2.10. The number of hydrogen-bond donors (Lipinski definition) is 2. The topological polar surface area (TPSA) is 88.5 Å². The Hall–Kier alpha value is -2.96. The van der Waals surface area contributed by atoms with Gasteiger partial charge in [-0.05, 0) is 17.7 Å². The molecule has 20 heavy (non-hydrogen) atoms. The van der Waals surface area contributed by atoms with Crippen molar-refractivity contribution in [3.63, 3.8) is 0 Å². The highest BCUT2D eigenvalue weighted by Gasteiger charge is 2.11. The second-order valence-electron chi connectivity index (χ2n) is 4.17. The standard InChI is InChI=1S/C13H12N6O/c20-13(12-8-14-18-17-12)16-11-5-2-1-4-10(11)9-19-7-3-6-15-19/h1-8H,9H2,(H,16,20)(H,14,17,18). The van der Waals surface area contributed by atoms with Gasteiger partial charge in [-0.3, -0.25) is 9.48 Å². The van der Waals surface area contributed by atoms with Crippen LogP contribution in [0.25, 0.3) is 0 Å². The van der Waals surface area contributed by atoms with Gasteiger partial charge in [0.15, 0.2) is 5.69 Å². The van der Waals surface area contributed by atoms with Crippen LogP contribution in [0.2, 0.25) is 0 Å². The van der Waals surface area contributed by atoms with Crippen molar-refractivity contribution in [3.05, 3.63) is 60.2 Å². The molecule has 1 amide bonds. The highest BCUT2D eigenvalue weighted by Crippen LogP contribution is 2.16. The van der Waals surface area contributed by atoms with Gasteiger partial charge in [-0.15, -0.1) is 0 Å². The van der Waals surface area contributed by atoms with Crippen molar-refractivity contribution in [2.24, 2.45) is 0 Å². The second kappa shape index (κ2) is 5.35. The maximum absolute atomic E-state index is 12.0. The third-order valence-electron chi connectivity index (χ3n) is 2.80. The van der Waals surface area contributed by atoms with E-state index in [-0.39, 0.29) is 11.6 Å². The quantitative estimate of drug-likeness (QED) is 0.746. The molecule has 0 saturated heterocycles. The number of nitrogens with one attached hydrogen (secondary N) is 2. The lowest BCUT2D eigenvalue weighted by atomic mass is 10.1. The first-order valence-corrected chi connectivity index (χ1v) is 6.05. The number of H-pyrrole nitrogens is 1. The minimum atomic E-state index is -0.299.